The molecule has 1 saturated heterocycles. The average Bonchev–Trinajstić information content (AvgIpc) is 3.32. The van der Waals surface area contributed by atoms with E-state index in [0.29, 0.717) is 24.7 Å². The summed E-state index contributed by atoms with van der Waals surface area (Å²) in [6, 6.07) is 9.42. The molecule has 1 aliphatic heterocycles. The van der Waals surface area contributed by atoms with Gasteiger partial charge >= 0.3 is 0 Å². The lowest BCUT2D eigenvalue weighted by atomic mass is 10.2. The van der Waals surface area contributed by atoms with E-state index >= 15 is 0 Å². The second-order valence-electron chi connectivity index (χ2n) is 6.82. The molecule has 1 aliphatic rings. The van der Waals surface area contributed by atoms with Gasteiger partial charge in [0.2, 0.25) is 0 Å². The lowest BCUT2D eigenvalue weighted by Crippen LogP contribution is -2.38. The van der Waals surface area contributed by atoms with Crippen molar-refractivity contribution in [1.29, 1.82) is 0 Å². The van der Waals surface area contributed by atoms with Gasteiger partial charge in [-0.05, 0) is 37.6 Å². The number of aryl methyl sites for hydroxylation is 1. The zero-order valence-corrected chi connectivity index (χ0v) is 14.9. The molecule has 136 valence electrons. The van der Waals surface area contributed by atoms with Crippen LogP contribution in [0.4, 0.5) is 5.82 Å². The molecule has 26 heavy (non-hydrogen) atoms. The molecule has 3 heterocycles. The number of likely N-dealkylation sites (tertiary alicyclic amines) is 1. The highest BCUT2D eigenvalue weighted by atomic mass is 16.5. The summed E-state index contributed by atoms with van der Waals surface area (Å²) < 4.78 is 13.1. The third kappa shape index (κ3) is 3.06. The maximum absolute atomic E-state index is 13.1. The smallest absolute Gasteiger partial charge is 0.290 e. The van der Waals surface area contributed by atoms with Gasteiger partial charge in [0.05, 0.1) is 18.7 Å². The van der Waals surface area contributed by atoms with Crippen molar-refractivity contribution in [2.45, 2.75) is 32.0 Å². The van der Waals surface area contributed by atoms with E-state index < -0.39 is 0 Å². The number of methoxy groups -OCH3 is 1. The summed E-state index contributed by atoms with van der Waals surface area (Å²) in [7, 11) is 1.67. The van der Waals surface area contributed by atoms with Crippen LogP contribution in [0.5, 0.6) is 0 Å². The molecule has 1 amide bonds. The SMILES string of the molecule is CO[C@@H]1C[C@@H](Cn2ccc(N)n2)N(C(=O)c2cc3cc(C)ccc3o2)C1. The van der Waals surface area contributed by atoms with E-state index in [9.17, 15) is 4.79 Å². The average molecular weight is 354 g/mol. The minimum Gasteiger partial charge on any atom is -0.451 e. The first kappa shape index (κ1) is 16.7. The van der Waals surface area contributed by atoms with Gasteiger partial charge in [-0.1, -0.05) is 11.6 Å². The van der Waals surface area contributed by atoms with Crippen LogP contribution in [-0.4, -0.2) is 46.4 Å². The number of nitrogens with two attached hydrogens (primary N) is 1. The van der Waals surface area contributed by atoms with E-state index in [0.717, 1.165) is 23.0 Å². The number of furan rings is 1. The lowest BCUT2D eigenvalue weighted by molar-refractivity contribution is 0.0651. The van der Waals surface area contributed by atoms with E-state index in [4.69, 9.17) is 14.9 Å². The summed E-state index contributed by atoms with van der Waals surface area (Å²) in [5, 5.41) is 5.17. The van der Waals surface area contributed by atoms with Gasteiger partial charge in [-0.25, -0.2) is 0 Å². The number of aromatic nitrogens is 2. The first-order valence-corrected chi connectivity index (χ1v) is 8.66. The van der Waals surface area contributed by atoms with Crippen molar-refractivity contribution in [3.8, 4) is 0 Å². The van der Waals surface area contributed by atoms with Crippen LogP contribution in [0.1, 0.15) is 22.5 Å². The molecule has 4 rings (SSSR count). The highest BCUT2D eigenvalue weighted by Gasteiger charge is 2.37. The molecule has 0 aliphatic carbocycles. The summed E-state index contributed by atoms with van der Waals surface area (Å²) >= 11 is 0. The zero-order chi connectivity index (χ0) is 18.3. The molecule has 7 nitrogen and oxygen atoms in total. The van der Waals surface area contributed by atoms with Gasteiger partial charge in [0.15, 0.2) is 5.76 Å². The molecular weight excluding hydrogens is 332 g/mol. The van der Waals surface area contributed by atoms with Crippen molar-refractivity contribution < 1.29 is 13.9 Å². The number of carbonyl (C=O) groups excluding carboxylic acids is 1. The van der Waals surface area contributed by atoms with E-state index in [1.165, 1.54) is 0 Å². The Balaban J connectivity index is 1.60. The fourth-order valence-corrected chi connectivity index (χ4v) is 3.57. The second kappa shape index (κ2) is 6.49. The van der Waals surface area contributed by atoms with Crippen LogP contribution >= 0.6 is 0 Å². The predicted molar refractivity (Wildman–Crippen MR) is 97.8 cm³/mol. The van der Waals surface area contributed by atoms with Crippen LogP contribution in [0, 0.1) is 6.92 Å². The fraction of sp³-hybridized carbons (Fsp3) is 0.368. The Bertz CT molecular complexity index is 945. The Morgan fingerprint density at radius 1 is 1.38 bits per heavy atom. The third-order valence-corrected chi connectivity index (χ3v) is 4.91. The Morgan fingerprint density at radius 2 is 2.23 bits per heavy atom. The van der Waals surface area contributed by atoms with Gasteiger partial charge < -0.3 is 19.8 Å². The normalized spacial score (nSPS) is 20.2. The number of rotatable bonds is 4. The molecular formula is C19H22N4O3. The molecule has 0 saturated carbocycles. The summed E-state index contributed by atoms with van der Waals surface area (Å²) in [4.78, 5) is 14.9. The van der Waals surface area contributed by atoms with Crippen LogP contribution in [0.2, 0.25) is 0 Å². The number of hydrogen-bond donors (Lipinski definition) is 1. The Morgan fingerprint density at radius 3 is 2.96 bits per heavy atom. The first-order valence-electron chi connectivity index (χ1n) is 8.66. The van der Waals surface area contributed by atoms with E-state index in [1.54, 1.807) is 17.9 Å². The molecule has 2 atom stereocenters. The summed E-state index contributed by atoms with van der Waals surface area (Å²) in [6.07, 6.45) is 2.58. The lowest BCUT2D eigenvalue weighted by Gasteiger charge is -2.23. The van der Waals surface area contributed by atoms with Crippen LogP contribution in [0.3, 0.4) is 0 Å². The van der Waals surface area contributed by atoms with Crippen LogP contribution in [0.15, 0.2) is 40.9 Å². The van der Waals surface area contributed by atoms with Crippen LogP contribution < -0.4 is 5.73 Å². The van der Waals surface area contributed by atoms with Crippen molar-refractivity contribution >= 4 is 22.7 Å². The first-order chi connectivity index (χ1) is 12.5. The van der Waals surface area contributed by atoms with Crippen LogP contribution in [-0.2, 0) is 11.3 Å². The van der Waals surface area contributed by atoms with E-state index in [-0.39, 0.29) is 18.1 Å². The topological polar surface area (TPSA) is 86.5 Å². The molecule has 1 aromatic carbocycles. The number of benzene rings is 1. The number of ether oxygens (including phenoxy) is 1. The number of nitrogens with zero attached hydrogens (tertiary/aromatic N) is 3. The highest BCUT2D eigenvalue weighted by molar-refractivity contribution is 5.96. The van der Waals surface area contributed by atoms with Crippen molar-refractivity contribution in [2.75, 3.05) is 19.4 Å². The van der Waals surface area contributed by atoms with Crippen molar-refractivity contribution in [2.24, 2.45) is 0 Å². The number of hydrogen-bond acceptors (Lipinski definition) is 5. The van der Waals surface area contributed by atoms with Crippen molar-refractivity contribution in [3.63, 3.8) is 0 Å². The summed E-state index contributed by atoms with van der Waals surface area (Å²) in [5.74, 6) is 0.702. The van der Waals surface area contributed by atoms with E-state index in [1.807, 2.05) is 42.3 Å². The molecule has 7 heteroatoms. The van der Waals surface area contributed by atoms with Gasteiger partial charge in [-0.3, -0.25) is 9.48 Å². The maximum atomic E-state index is 13.1. The van der Waals surface area contributed by atoms with E-state index in [2.05, 4.69) is 5.10 Å². The minimum absolute atomic E-state index is 0.00322. The molecule has 2 N–H and O–H groups in total. The number of nitrogen functional groups attached to an aromatic ring is 1. The molecule has 2 aromatic heterocycles. The summed E-state index contributed by atoms with van der Waals surface area (Å²) in [5.41, 5.74) is 7.55. The maximum Gasteiger partial charge on any atom is 0.290 e. The van der Waals surface area contributed by atoms with Gasteiger partial charge in [0.25, 0.3) is 5.91 Å². The standard InChI is InChI=1S/C19H22N4O3/c1-12-3-4-16-13(7-12)8-17(26-16)19(24)23-11-15(25-2)9-14(23)10-22-6-5-18(20)21-22/h3-8,14-15H,9-11H2,1-2H3,(H2,20,21)/t14-,15+/m0/s1. The molecule has 0 radical (unpaired) electrons. The molecule has 0 spiro atoms. The highest BCUT2D eigenvalue weighted by Crippen LogP contribution is 2.27. The third-order valence-electron chi connectivity index (χ3n) is 4.91. The number of amides is 1. The fourth-order valence-electron chi connectivity index (χ4n) is 3.57. The van der Waals surface area contributed by atoms with Crippen molar-refractivity contribution in [1.82, 2.24) is 14.7 Å². The predicted octanol–water partition coefficient (Wildman–Crippen LogP) is 2.45. The van der Waals surface area contributed by atoms with Gasteiger partial charge in [0, 0.05) is 25.2 Å². The largest absolute Gasteiger partial charge is 0.451 e. The van der Waals surface area contributed by atoms with Crippen LogP contribution in [0.25, 0.3) is 11.0 Å². The van der Waals surface area contributed by atoms with Gasteiger partial charge in [-0.15, -0.1) is 0 Å². The van der Waals surface area contributed by atoms with Gasteiger partial charge in [0.1, 0.15) is 11.4 Å². The molecule has 1 fully saturated rings. The monoisotopic (exact) mass is 354 g/mol. The Labute approximate surface area is 151 Å². The number of fused-ring (bicyclic) bond motifs is 1. The quantitative estimate of drug-likeness (QED) is 0.778. The molecule has 3 aromatic rings. The molecule has 0 bridgehead atoms. The number of anilines is 1. The molecule has 0 unspecified atom stereocenters. The Kier molecular flexibility index (Phi) is 4.16. The zero-order valence-electron chi connectivity index (χ0n) is 14.9. The summed E-state index contributed by atoms with van der Waals surface area (Å²) in [6.45, 7) is 3.12. The second-order valence-corrected chi connectivity index (χ2v) is 6.82. The van der Waals surface area contributed by atoms with Crippen molar-refractivity contribution in [3.05, 3.63) is 47.9 Å². The Hall–Kier alpha value is -2.80. The van der Waals surface area contributed by atoms with Gasteiger partial charge in [-0.2, -0.15) is 5.10 Å². The number of carbonyl (C=O) groups is 1. The minimum atomic E-state index is -0.122.